The van der Waals surface area contributed by atoms with Gasteiger partial charge in [-0.2, -0.15) is 0 Å². The van der Waals surface area contributed by atoms with Gasteiger partial charge in [-0.1, -0.05) is 67.7 Å². The van der Waals surface area contributed by atoms with E-state index >= 15 is 0 Å². The Morgan fingerprint density at radius 1 is 0.833 bits per heavy atom. The van der Waals surface area contributed by atoms with Crippen molar-refractivity contribution in [1.82, 2.24) is 0 Å². The lowest BCUT2D eigenvalue weighted by Crippen LogP contribution is -2.52. The van der Waals surface area contributed by atoms with E-state index in [9.17, 15) is 4.79 Å². The predicted octanol–water partition coefficient (Wildman–Crippen LogP) is 5.74. The Labute approximate surface area is 116 Å². The molecule has 0 unspecified atom stereocenters. The molecule has 0 amide bonds. The topological polar surface area (TPSA) is 17.1 Å². The summed E-state index contributed by atoms with van der Waals surface area (Å²) >= 11 is 0. The van der Waals surface area contributed by atoms with Gasteiger partial charge in [-0.3, -0.25) is 0 Å². The maximum Gasteiger partial charge on any atom is 0.140 e. The number of unbranched alkanes of at least 4 members (excludes halogenated alkanes) is 3. The molecule has 0 rings (SSSR count). The Morgan fingerprint density at radius 2 is 1.28 bits per heavy atom. The van der Waals surface area contributed by atoms with Gasteiger partial charge in [0.05, 0.1) is 0 Å². The van der Waals surface area contributed by atoms with Crippen LogP contribution in [0.15, 0.2) is 0 Å². The number of carbonyl (C=O) groups excluding carboxylic acids is 1. The van der Waals surface area contributed by atoms with E-state index in [1.165, 1.54) is 19.3 Å². The largest absolute Gasteiger partial charge is 0.305 e. The lowest BCUT2D eigenvalue weighted by molar-refractivity contribution is -0.113. The number of hydrogen-bond acceptors (Lipinski definition) is 1. The zero-order valence-corrected chi connectivity index (χ0v) is 14.7. The van der Waals surface area contributed by atoms with E-state index in [1.54, 1.807) is 0 Å². The Morgan fingerprint density at radius 3 is 1.61 bits per heavy atom. The zero-order chi connectivity index (χ0) is 14.3. The van der Waals surface area contributed by atoms with Gasteiger partial charge in [0.1, 0.15) is 13.5 Å². The molecule has 108 valence electrons. The first-order chi connectivity index (χ1) is 8.31. The summed E-state index contributed by atoms with van der Waals surface area (Å²) in [6.07, 6.45) is 5.68. The van der Waals surface area contributed by atoms with Crippen LogP contribution in [0.1, 0.15) is 80.6 Å². The molecule has 0 aromatic rings. The van der Waals surface area contributed by atoms with Crippen LogP contribution in [0.4, 0.5) is 0 Å². The van der Waals surface area contributed by atoms with Crippen molar-refractivity contribution in [2.24, 2.45) is 0 Å². The second-order valence-corrected chi connectivity index (χ2v) is 12.5. The van der Waals surface area contributed by atoms with Crippen LogP contribution in [0.2, 0.25) is 16.6 Å². The van der Waals surface area contributed by atoms with E-state index in [4.69, 9.17) is 0 Å². The summed E-state index contributed by atoms with van der Waals surface area (Å²) in [5, 5.41) is 0.638. The third-order valence-electron chi connectivity index (χ3n) is 4.61. The minimum Gasteiger partial charge on any atom is -0.305 e. The molecule has 18 heavy (non-hydrogen) atoms. The average Bonchev–Trinajstić information content (AvgIpc) is 2.23. The van der Waals surface area contributed by atoms with Crippen LogP contribution >= 0.6 is 0 Å². The highest BCUT2D eigenvalue weighted by molar-refractivity contribution is 7.08. The summed E-state index contributed by atoms with van der Waals surface area (Å²) in [6.45, 7) is 15.9. The molecule has 0 fully saturated rings. The van der Waals surface area contributed by atoms with E-state index in [2.05, 4.69) is 48.5 Å². The monoisotopic (exact) mass is 270 g/mol. The van der Waals surface area contributed by atoms with Crippen LogP contribution in [-0.2, 0) is 4.79 Å². The molecule has 0 aromatic carbocycles. The van der Waals surface area contributed by atoms with Crippen molar-refractivity contribution in [3.8, 4) is 0 Å². The molecule has 0 saturated heterocycles. The van der Waals surface area contributed by atoms with E-state index < -0.39 is 8.07 Å². The van der Waals surface area contributed by atoms with Crippen molar-refractivity contribution in [2.75, 3.05) is 0 Å². The quantitative estimate of drug-likeness (QED) is 0.385. The fourth-order valence-electron chi connectivity index (χ4n) is 3.89. The number of rotatable bonds is 9. The van der Waals surface area contributed by atoms with Gasteiger partial charge in [0.2, 0.25) is 0 Å². The third kappa shape index (κ3) is 3.94. The van der Waals surface area contributed by atoms with Gasteiger partial charge in [-0.05, 0) is 23.0 Å². The maximum absolute atomic E-state index is 12.8. The summed E-state index contributed by atoms with van der Waals surface area (Å²) in [5.74, 6) is 0. The highest BCUT2D eigenvalue weighted by atomic mass is 28.3. The molecular weight excluding hydrogens is 236 g/mol. The van der Waals surface area contributed by atoms with Crippen LogP contribution in [0.5, 0.6) is 0 Å². The van der Waals surface area contributed by atoms with E-state index in [1.807, 2.05) is 0 Å². The molecule has 0 radical (unpaired) electrons. The molecule has 1 nitrogen and oxygen atoms in total. The molecule has 0 aliphatic heterocycles. The fourth-order valence-corrected chi connectivity index (χ4v) is 10.4. The molecule has 0 aliphatic rings. The van der Waals surface area contributed by atoms with Gasteiger partial charge >= 0.3 is 0 Å². The van der Waals surface area contributed by atoms with Crippen molar-refractivity contribution < 1.29 is 4.79 Å². The highest BCUT2D eigenvalue weighted by Gasteiger charge is 2.48. The van der Waals surface area contributed by atoms with Gasteiger partial charge in [0.15, 0.2) is 0 Å². The van der Waals surface area contributed by atoms with Crippen molar-refractivity contribution in [3.05, 3.63) is 0 Å². The normalized spacial score (nSPS) is 12.8. The molecular formula is C16H34OSi. The summed E-state index contributed by atoms with van der Waals surface area (Å²) in [5.41, 5.74) is 1.70. The van der Waals surface area contributed by atoms with Crippen LogP contribution in [0.25, 0.3) is 0 Å². The Bertz CT molecular complexity index is 222. The smallest absolute Gasteiger partial charge is 0.140 e. The average molecular weight is 271 g/mol. The lowest BCUT2D eigenvalue weighted by Gasteiger charge is -2.41. The molecule has 0 spiro atoms. The van der Waals surface area contributed by atoms with Gasteiger partial charge in [-0.15, -0.1) is 0 Å². The summed E-state index contributed by atoms with van der Waals surface area (Å²) in [4.78, 5) is 12.8. The van der Waals surface area contributed by atoms with Crippen molar-refractivity contribution in [3.63, 3.8) is 0 Å². The standard InChI is InChI=1S/C16H34OSi/c1-8-9-10-11-12-16(17)18(13(2)3,14(4)5)15(6)7/h13-15H,8-12H2,1-7H3. The van der Waals surface area contributed by atoms with Crippen LogP contribution in [-0.4, -0.2) is 13.5 Å². The molecule has 0 aliphatic carbocycles. The van der Waals surface area contributed by atoms with Crippen molar-refractivity contribution >= 4 is 13.5 Å². The number of hydrogen-bond donors (Lipinski definition) is 0. The highest BCUT2D eigenvalue weighted by Crippen LogP contribution is 2.42. The molecule has 0 N–H and O–H groups in total. The van der Waals surface area contributed by atoms with Gasteiger partial charge in [0.25, 0.3) is 0 Å². The van der Waals surface area contributed by atoms with Crippen LogP contribution in [0.3, 0.4) is 0 Å². The van der Waals surface area contributed by atoms with Gasteiger partial charge < -0.3 is 4.79 Å². The third-order valence-corrected chi connectivity index (χ3v) is 11.6. The lowest BCUT2D eigenvalue weighted by atomic mass is 10.2. The summed E-state index contributed by atoms with van der Waals surface area (Å²) < 4.78 is 0. The van der Waals surface area contributed by atoms with E-state index in [0.717, 1.165) is 12.8 Å². The summed E-state index contributed by atoms with van der Waals surface area (Å²) in [7, 11) is -1.83. The second kappa shape index (κ2) is 8.14. The zero-order valence-electron chi connectivity index (χ0n) is 13.7. The maximum atomic E-state index is 12.8. The first-order valence-electron chi connectivity index (χ1n) is 7.84. The minimum absolute atomic E-state index is 0.566. The van der Waals surface area contributed by atoms with Crippen LogP contribution < -0.4 is 0 Å². The minimum atomic E-state index is -1.83. The first kappa shape index (κ1) is 17.9. The second-order valence-electron chi connectivity index (χ2n) is 6.63. The molecule has 0 aromatic heterocycles. The van der Waals surface area contributed by atoms with Gasteiger partial charge in [-0.25, -0.2) is 0 Å². The summed E-state index contributed by atoms with van der Waals surface area (Å²) in [6, 6.07) is 0. The molecule has 0 heterocycles. The van der Waals surface area contributed by atoms with Crippen molar-refractivity contribution in [2.45, 2.75) is 97.2 Å². The molecule has 0 saturated carbocycles. The Kier molecular flexibility index (Phi) is 8.09. The Balaban J connectivity index is 4.80. The molecule has 0 bridgehead atoms. The van der Waals surface area contributed by atoms with Crippen molar-refractivity contribution in [1.29, 1.82) is 0 Å². The predicted molar refractivity (Wildman–Crippen MR) is 84.8 cm³/mol. The number of carbonyl (C=O) groups is 1. The van der Waals surface area contributed by atoms with E-state index in [0.29, 0.717) is 22.0 Å². The van der Waals surface area contributed by atoms with E-state index in [-0.39, 0.29) is 0 Å². The first-order valence-corrected chi connectivity index (χ1v) is 10.1. The SMILES string of the molecule is CCCCCCC(=O)[Si](C(C)C)(C(C)C)C(C)C. The fraction of sp³-hybridized carbons (Fsp3) is 0.938. The molecule has 2 heteroatoms. The van der Waals surface area contributed by atoms with Crippen LogP contribution in [0, 0.1) is 0 Å². The molecule has 0 atom stereocenters. The van der Waals surface area contributed by atoms with Gasteiger partial charge in [0, 0.05) is 6.42 Å². The Hall–Kier alpha value is -0.113.